The van der Waals surface area contributed by atoms with Crippen molar-refractivity contribution in [2.45, 2.75) is 42.9 Å². The number of ether oxygens (including phenoxy) is 1. The van der Waals surface area contributed by atoms with Crippen LogP contribution in [0.2, 0.25) is 0 Å². The molecule has 0 bridgehead atoms. The minimum atomic E-state index is -3.52. The summed E-state index contributed by atoms with van der Waals surface area (Å²) in [5, 5.41) is 6.88. The van der Waals surface area contributed by atoms with Gasteiger partial charge in [-0.1, -0.05) is 24.3 Å². The standard InChI is InChI=1S/C34H43N7O3S/c1-24(2)45(42,43)32-12-8-7-11-30(32)35-33-27-9-5-6-10-28(27)36-34(38-33)37-29-14-13-26(23-31(29)44-4)40-17-15-25(16-18-40)41-21-19-39(3)20-22-41/h5-14,23-25H,15-22H2,1-4H3,(H2,35,36,37,38). The van der Waals surface area contributed by atoms with Crippen LogP contribution in [-0.4, -0.2) is 92.9 Å². The molecule has 1 aromatic heterocycles. The summed E-state index contributed by atoms with van der Waals surface area (Å²) in [6, 6.07) is 21.5. The summed E-state index contributed by atoms with van der Waals surface area (Å²) in [5.41, 5.74) is 3.08. The average molecular weight is 630 g/mol. The van der Waals surface area contributed by atoms with Gasteiger partial charge in [0.2, 0.25) is 5.95 Å². The van der Waals surface area contributed by atoms with Gasteiger partial charge < -0.3 is 25.2 Å². The minimum absolute atomic E-state index is 0.238. The number of nitrogens with one attached hydrogen (secondary N) is 2. The summed E-state index contributed by atoms with van der Waals surface area (Å²) in [5.74, 6) is 1.58. The minimum Gasteiger partial charge on any atom is -0.494 e. The molecule has 3 heterocycles. The van der Waals surface area contributed by atoms with Crippen molar-refractivity contribution in [3.05, 3.63) is 66.7 Å². The molecule has 0 aliphatic carbocycles. The van der Waals surface area contributed by atoms with Crippen LogP contribution in [-0.2, 0) is 9.84 Å². The Morgan fingerprint density at radius 1 is 0.844 bits per heavy atom. The number of rotatable bonds is 9. The summed E-state index contributed by atoms with van der Waals surface area (Å²) in [4.78, 5) is 17.3. The Morgan fingerprint density at radius 2 is 1.56 bits per heavy atom. The predicted molar refractivity (Wildman–Crippen MR) is 182 cm³/mol. The second-order valence-corrected chi connectivity index (χ2v) is 14.7. The molecule has 2 aliphatic rings. The number of para-hydroxylation sites is 2. The average Bonchev–Trinajstić information content (AvgIpc) is 3.05. The molecule has 2 aliphatic heterocycles. The summed E-state index contributed by atoms with van der Waals surface area (Å²) in [7, 11) is 0.356. The maximum atomic E-state index is 13.1. The first kappa shape index (κ1) is 31.1. The van der Waals surface area contributed by atoms with Crippen LogP contribution in [0, 0.1) is 0 Å². The number of likely N-dealkylation sites (N-methyl/N-ethyl adjacent to an activating group) is 1. The topological polar surface area (TPSA) is 103 Å². The number of hydrogen-bond acceptors (Lipinski definition) is 10. The summed E-state index contributed by atoms with van der Waals surface area (Å²) in [6.45, 7) is 10.0. The lowest BCUT2D eigenvalue weighted by molar-refractivity contribution is 0.0982. The van der Waals surface area contributed by atoms with Crippen LogP contribution < -0.4 is 20.3 Å². The number of benzene rings is 3. The molecule has 3 aromatic carbocycles. The van der Waals surface area contributed by atoms with Crippen LogP contribution in [0.25, 0.3) is 10.9 Å². The number of aromatic nitrogens is 2. The fourth-order valence-electron chi connectivity index (χ4n) is 6.20. The number of nitrogens with zero attached hydrogens (tertiary/aromatic N) is 5. The molecule has 0 saturated carbocycles. The molecule has 0 spiro atoms. The van der Waals surface area contributed by atoms with Gasteiger partial charge >= 0.3 is 0 Å². The van der Waals surface area contributed by atoms with E-state index in [1.807, 2.05) is 36.4 Å². The largest absolute Gasteiger partial charge is 0.494 e. The van der Waals surface area contributed by atoms with E-state index in [0.717, 1.165) is 74.4 Å². The van der Waals surface area contributed by atoms with Crippen molar-refractivity contribution < 1.29 is 13.2 Å². The highest BCUT2D eigenvalue weighted by Crippen LogP contribution is 2.35. The van der Waals surface area contributed by atoms with Gasteiger partial charge in [-0.05, 0) is 70.1 Å². The summed E-state index contributed by atoms with van der Waals surface area (Å²) < 4.78 is 32.1. The maximum absolute atomic E-state index is 13.1. The second-order valence-electron chi connectivity index (χ2n) is 12.2. The fourth-order valence-corrected chi connectivity index (χ4v) is 7.41. The Kier molecular flexibility index (Phi) is 9.11. The number of fused-ring (bicyclic) bond motifs is 1. The van der Waals surface area contributed by atoms with E-state index in [1.54, 1.807) is 39.2 Å². The van der Waals surface area contributed by atoms with Crippen LogP contribution in [0.1, 0.15) is 26.7 Å². The lowest BCUT2D eigenvalue weighted by Crippen LogP contribution is -2.52. The zero-order valence-electron chi connectivity index (χ0n) is 26.5. The third-order valence-electron chi connectivity index (χ3n) is 8.99. The van der Waals surface area contributed by atoms with Crippen molar-refractivity contribution in [2.75, 3.05) is 69.0 Å². The van der Waals surface area contributed by atoms with Crippen LogP contribution in [0.3, 0.4) is 0 Å². The maximum Gasteiger partial charge on any atom is 0.229 e. The van der Waals surface area contributed by atoms with Gasteiger partial charge in [0.1, 0.15) is 11.6 Å². The van der Waals surface area contributed by atoms with Gasteiger partial charge in [-0.3, -0.25) is 4.90 Å². The molecule has 2 saturated heterocycles. The Labute approximate surface area is 266 Å². The zero-order valence-corrected chi connectivity index (χ0v) is 27.3. The lowest BCUT2D eigenvalue weighted by atomic mass is 10.0. The molecule has 0 radical (unpaired) electrons. The Bertz CT molecular complexity index is 1750. The number of anilines is 5. The van der Waals surface area contributed by atoms with E-state index in [4.69, 9.17) is 14.7 Å². The van der Waals surface area contributed by atoms with E-state index >= 15 is 0 Å². The van der Waals surface area contributed by atoms with E-state index in [9.17, 15) is 8.42 Å². The summed E-state index contributed by atoms with van der Waals surface area (Å²) >= 11 is 0. The molecular formula is C34H43N7O3S. The third-order valence-corrected chi connectivity index (χ3v) is 11.2. The number of hydrogen-bond donors (Lipinski definition) is 2. The van der Waals surface area contributed by atoms with Crippen molar-refractivity contribution in [1.82, 2.24) is 19.8 Å². The van der Waals surface area contributed by atoms with Gasteiger partial charge in [-0.15, -0.1) is 0 Å². The fraction of sp³-hybridized carbons (Fsp3) is 0.412. The van der Waals surface area contributed by atoms with Crippen molar-refractivity contribution in [3.63, 3.8) is 0 Å². The molecule has 2 fully saturated rings. The molecule has 10 nitrogen and oxygen atoms in total. The molecule has 2 N–H and O–H groups in total. The smallest absolute Gasteiger partial charge is 0.229 e. The van der Waals surface area contributed by atoms with E-state index in [-0.39, 0.29) is 4.90 Å². The molecule has 11 heteroatoms. The molecule has 4 aromatic rings. The zero-order chi connectivity index (χ0) is 31.6. The highest BCUT2D eigenvalue weighted by molar-refractivity contribution is 7.92. The van der Waals surface area contributed by atoms with Crippen LogP contribution in [0.5, 0.6) is 5.75 Å². The molecular weight excluding hydrogens is 586 g/mol. The van der Waals surface area contributed by atoms with Crippen molar-refractivity contribution in [1.29, 1.82) is 0 Å². The van der Waals surface area contributed by atoms with Gasteiger partial charge in [0.15, 0.2) is 9.84 Å². The van der Waals surface area contributed by atoms with E-state index in [2.05, 4.69) is 44.5 Å². The normalized spacial score (nSPS) is 17.1. The lowest BCUT2D eigenvalue weighted by Gasteiger charge is -2.42. The highest BCUT2D eigenvalue weighted by atomic mass is 32.2. The van der Waals surface area contributed by atoms with Crippen LogP contribution >= 0.6 is 0 Å². The summed E-state index contributed by atoms with van der Waals surface area (Å²) in [6.07, 6.45) is 2.32. The number of sulfone groups is 1. The van der Waals surface area contributed by atoms with Gasteiger partial charge in [0.25, 0.3) is 0 Å². The van der Waals surface area contributed by atoms with Gasteiger partial charge in [-0.25, -0.2) is 13.4 Å². The Hall–Kier alpha value is -3.93. The molecule has 0 unspecified atom stereocenters. The van der Waals surface area contributed by atoms with E-state index in [1.165, 1.54) is 0 Å². The Balaban J connectivity index is 1.23. The first-order chi connectivity index (χ1) is 21.7. The van der Waals surface area contributed by atoms with E-state index in [0.29, 0.717) is 29.2 Å². The van der Waals surface area contributed by atoms with Gasteiger partial charge in [-0.2, -0.15) is 4.98 Å². The molecule has 238 valence electrons. The second kappa shape index (κ2) is 13.2. The first-order valence-corrected chi connectivity index (χ1v) is 17.3. The first-order valence-electron chi connectivity index (χ1n) is 15.7. The molecule has 0 amide bonds. The SMILES string of the molecule is COc1cc(N2CCC(N3CCN(C)CC3)CC2)ccc1Nc1nc(Nc2ccccc2S(=O)(=O)C(C)C)c2ccccc2n1. The Morgan fingerprint density at radius 3 is 2.29 bits per heavy atom. The number of piperidine rings is 1. The van der Waals surface area contributed by atoms with Crippen molar-refractivity contribution in [2.24, 2.45) is 0 Å². The van der Waals surface area contributed by atoms with E-state index < -0.39 is 15.1 Å². The monoisotopic (exact) mass is 629 g/mol. The predicted octanol–water partition coefficient (Wildman–Crippen LogP) is 5.52. The molecule has 0 atom stereocenters. The van der Waals surface area contributed by atoms with Crippen LogP contribution in [0.15, 0.2) is 71.6 Å². The van der Waals surface area contributed by atoms with Crippen LogP contribution in [0.4, 0.5) is 28.8 Å². The molecule has 6 rings (SSSR count). The quantitative estimate of drug-likeness (QED) is 0.246. The van der Waals surface area contributed by atoms with Crippen molar-refractivity contribution in [3.8, 4) is 5.75 Å². The van der Waals surface area contributed by atoms with Crippen molar-refractivity contribution >= 4 is 49.6 Å². The third kappa shape index (κ3) is 6.70. The number of methoxy groups -OCH3 is 1. The van der Waals surface area contributed by atoms with Gasteiger partial charge in [0, 0.05) is 62.5 Å². The highest BCUT2D eigenvalue weighted by Gasteiger charge is 2.27. The molecule has 45 heavy (non-hydrogen) atoms. The number of piperazine rings is 1. The van der Waals surface area contributed by atoms with Gasteiger partial charge in [0.05, 0.1) is 34.1 Å².